The van der Waals surface area contributed by atoms with Crippen molar-refractivity contribution in [1.82, 2.24) is 9.97 Å². The van der Waals surface area contributed by atoms with Crippen LogP contribution in [-0.4, -0.2) is 40.8 Å². The minimum absolute atomic E-state index is 0.311. The lowest BCUT2D eigenvalue weighted by molar-refractivity contribution is 0.203. The van der Waals surface area contributed by atoms with Gasteiger partial charge in [-0.1, -0.05) is 0 Å². The molecular formula is C14H22N4O. The van der Waals surface area contributed by atoms with Crippen LogP contribution in [0.4, 0.5) is 11.6 Å². The lowest BCUT2D eigenvalue weighted by Gasteiger charge is -2.32. The van der Waals surface area contributed by atoms with Gasteiger partial charge in [-0.05, 0) is 38.5 Å². The fourth-order valence-corrected chi connectivity index (χ4v) is 2.57. The number of piperidine rings is 1. The van der Waals surface area contributed by atoms with Crippen LogP contribution < -0.4 is 10.2 Å². The summed E-state index contributed by atoms with van der Waals surface area (Å²) in [6, 6.07) is 2.67. The molecule has 0 atom stereocenters. The van der Waals surface area contributed by atoms with Gasteiger partial charge in [-0.25, -0.2) is 9.97 Å². The van der Waals surface area contributed by atoms with Gasteiger partial charge < -0.3 is 15.3 Å². The number of aliphatic hydroxyl groups is 1. The van der Waals surface area contributed by atoms with E-state index in [1.54, 1.807) is 0 Å². The molecule has 0 amide bonds. The van der Waals surface area contributed by atoms with Crippen LogP contribution in [0.25, 0.3) is 0 Å². The normalized spacial score (nSPS) is 20.6. The highest BCUT2D eigenvalue weighted by atomic mass is 16.3. The van der Waals surface area contributed by atoms with Crippen LogP contribution in [0.3, 0.4) is 0 Å². The van der Waals surface area contributed by atoms with Gasteiger partial charge in [0, 0.05) is 31.8 Å². The van der Waals surface area contributed by atoms with Gasteiger partial charge in [-0.15, -0.1) is 0 Å². The second kappa shape index (κ2) is 5.33. The van der Waals surface area contributed by atoms with Gasteiger partial charge in [0.2, 0.25) is 0 Å². The Hall–Kier alpha value is -1.36. The molecule has 0 spiro atoms. The van der Waals surface area contributed by atoms with Crippen molar-refractivity contribution in [1.29, 1.82) is 0 Å². The summed E-state index contributed by atoms with van der Waals surface area (Å²) in [6.45, 7) is 4.21. The summed E-state index contributed by atoms with van der Waals surface area (Å²) in [5.74, 6) is 3.26. The first kappa shape index (κ1) is 12.7. The van der Waals surface area contributed by atoms with Gasteiger partial charge in [-0.3, -0.25) is 0 Å². The molecule has 1 aromatic heterocycles. The number of aryl methyl sites for hydroxylation is 1. The van der Waals surface area contributed by atoms with E-state index in [4.69, 9.17) is 0 Å². The molecule has 5 heteroatoms. The average molecular weight is 262 g/mol. The maximum atomic E-state index is 9.19. The van der Waals surface area contributed by atoms with E-state index in [-0.39, 0.29) is 0 Å². The zero-order valence-electron chi connectivity index (χ0n) is 11.5. The molecule has 1 saturated carbocycles. The molecule has 0 radical (unpaired) electrons. The third-order valence-corrected chi connectivity index (χ3v) is 3.95. The minimum atomic E-state index is 0.311. The Kier molecular flexibility index (Phi) is 3.55. The topological polar surface area (TPSA) is 61.3 Å². The molecule has 0 aromatic carbocycles. The van der Waals surface area contributed by atoms with Crippen molar-refractivity contribution >= 4 is 11.6 Å². The van der Waals surface area contributed by atoms with Crippen LogP contribution in [0.5, 0.6) is 0 Å². The SMILES string of the molecule is Cc1nc(NC2CC2)cc(N2CCC(CO)CC2)n1. The maximum absolute atomic E-state index is 9.19. The summed E-state index contributed by atoms with van der Waals surface area (Å²) < 4.78 is 0. The van der Waals surface area contributed by atoms with Crippen molar-refractivity contribution in [3.05, 3.63) is 11.9 Å². The lowest BCUT2D eigenvalue weighted by Crippen LogP contribution is -2.35. The van der Waals surface area contributed by atoms with E-state index in [1.165, 1.54) is 12.8 Å². The van der Waals surface area contributed by atoms with Crippen LogP contribution in [0.15, 0.2) is 6.07 Å². The third kappa shape index (κ3) is 3.15. The molecule has 3 rings (SSSR count). The molecule has 0 bridgehead atoms. The highest BCUT2D eigenvalue weighted by Gasteiger charge is 2.23. The van der Waals surface area contributed by atoms with Gasteiger partial charge >= 0.3 is 0 Å². The standard InChI is InChI=1S/C14H22N4O/c1-10-15-13(17-12-2-3-12)8-14(16-10)18-6-4-11(9-19)5-7-18/h8,11-12,19H,2-7,9H2,1H3,(H,15,16,17). The summed E-state index contributed by atoms with van der Waals surface area (Å²) in [5, 5.41) is 12.6. The van der Waals surface area contributed by atoms with Crippen LogP contribution >= 0.6 is 0 Å². The summed E-state index contributed by atoms with van der Waals surface area (Å²) in [7, 11) is 0. The molecule has 19 heavy (non-hydrogen) atoms. The van der Waals surface area contributed by atoms with Crippen molar-refractivity contribution in [2.75, 3.05) is 29.9 Å². The monoisotopic (exact) mass is 262 g/mol. The van der Waals surface area contributed by atoms with Crippen molar-refractivity contribution in [2.24, 2.45) is 5.92 Å². The zero-order valence-corrected chi connectivity index (χ0v) is 11.5. The fourth-order valence-electron chi connectivity index (χ4n) is 2.57. The number of rotatable bonds is 4. The van der Waals surface area contributed by atoms with E-state index in [1.807, 2.05) is 6.92 Å². The Morgan fingerprint density at radius 2 is 2.00 bits per heavy atom. The number of aliphatic hydroxyl groups excluding tert-OH is 1. The Bertz CT molecular complexity index is 439. The number of nitrogens with one attached hydrogen (secondary N) is 1. The number of hydrogen-bond acceptors (Lipinski definition) is 5. The first-order chi connectivity index (χ1) is 9.24. The van der Waals surface area contributed by atoms with E-state index >= 15 is 0 Å². The Morgan fingerprint density at radius 1 is 1.26 bits per heavy atom. The number of hydrogen-bond donors (Lipinski definition) is 2. The van der Waals surface area contributed by atoms with E-state index in [0.717, 1.165) is 43.4 Å². The minimum Gasteiger partial charge on any atom is -0.396 e. The van der Waals surface area contributed by atoms with Crippen molar-refractivity contribution < 1.29 is 5.11 Å². The van der Waals surface area contributed by atoms with Crippen LogP contribution in [-0.2, 0) is 0 Å². The summed E-state index contributed by atoms with van der Waals surface area (Å²) in [6.07, 6.45) is 4.59. The Balaban J connectivity index is 1.70. The Labute approximate surface area is 114 Å². The van der Waals surface area contributed by atoms with Crippen molar-refractivity contribution in [3.63, 3.8) is 0 Å². The van der Waals surface area contributed by atoms with Gasteiger partial charge in [0.05, 0.1) is 0 Å². The zero-order chi connectivity index (χ0) is 13.2. The average Bonchev–Trinajstić information content (AvgIpc) is 3.22. The molecule has 5 nitrogen and oxygen atoms in total. The van der Waals surface area contributed by atoms with Gasteiger partial charge in [0.15, 0.2) is 0 Å². The van der Waals surface area contributed by atoms with Gasteiger partial charge in [0.25, 0.3) is 0 Å². The van der Waals surface area contributed by atoms with Gasteiger partial charge in [-0.2, -0.15) is 0 Å². The summed E-state index contributed by atoms with van der Waals surface area (Å²) in [5.41, 5.74) is 0. The second-order valence-electron chi connectivity index (χ2n) is 5.69. The summed E-state index contributed by atoms with van der Waals surface area (Å²) in [4.78, 5) is 11.3. The third-order valence-electron chi connectivity index (χ3n) is 3.95. The fraction of sp³-hybridized carbons (Fsp3) is 0.714. The van der Waals surface area contributed by atoms with Crippen LogP contribution in [0, 0.1) is 12.8 Å². The Morgan fingerprint density at radius 3 is 2.63 bits per heavy atom. The predicted octanol–water partition coefficient (Wildman–Crippen LogP) is 1.57. The molecule has 2 aliphatic rings. The van der Waals surface area contributed by atoms with Crippen molar-refractivity contribution in [3.8, 4) is 0 Å². The van der Waals surface area contributed by atoms with Gasteiger partial charge in [0.1, 0.15) is 17.5 Å². The van der Waals surface area contributed by atoms with Crippen LogP contribution in [0.2, 0.25) is 0 Å². The predicted molar refractivity (Wildman–Crippen MR) is 75.4 cm³/mol. The largest absolute Gasteiger partial charge is 0.396 e. The number of aromatic nitrogens is 2. The van der Waals surface area contributed by atoms with E-state index in [0.29, 0.717) is 18.6 Å². The molecule has 1 saturated heterocycles. The smallest absolute Gasteiger partial charge is 0.134 e. The molecule has 2 fully saturated rings. The van der Waals surface area contributed by atoms with E-state index < -0.39 is 0 Å². The number of anilines is 2. The molecule has 104 valence electrons. The molecule has 1 aromatic rings. The first-order valence-corrected chi connectivity index (χ1v) is 7.22. The quantitative estimate of drug-likeness (QED) is 0.862. The highest BCUT2D eigenvalue weighted by molar-refractivity contribution is 5.50. The highest BCUT2D eigenvalue weighted by Crippen LogP contribution is 2.27. The molecule has 1 aliphatic carbocycles. The molecular weight excluding hydrogens is 240 g/mol. The van der Waals surface area contributed by atoms with E-state index in [9.17, 15) is 5.11 Å². The first-order valence-electron chi connectivity index (χ1n) is 7.22. The number of nitrogens with zero attached hydrogens (tertiary/aromatic N) is 3. The molecule has 2 N–H and O–H groups in total. The van der Waals surface area contributed by atoms with Crippen molar-refractivity contribution in [2.45, 2.75) is 38.6 Å². The maximum Gasteiger partial charge on any atom is 0.134 e. The van der Waals surface area contributed by atoms with Crippen LogP contribution in [0.1, 0.15) is 31.5 Å². The molecule has 0 unspecified atom stereocenters. The molecule has 2 heterocycles. The molecule has 1 aliphatic heterocycles. The lowest BCUT2D eigenvalue weighted by atomic mass is 9.98. The second-order valence-corrected chi connectivity index (χ2v) is 5.69. The summed E-state index contributed by atoms with van der Waals surface area (Å²) >= 11 is 0. The van der Waals surface area contributed by atoms with E-state index in [2.05, 4.69) is 26.3 Å².